The van der Waals surface area contributed by atoms with Crippen LogP contribution in [0.4, 0.5) is 8.78 Å². The smallest absolute Gasteiger partial charge is 0.251 e. The van der Waals surface area contributed by atoms with Crippen molar-refractivity contribution in [3.8, 4) is 5.75 Å². The second-order valence-electron chi connectivity index (χ2n) is 6.09. The van der Waals surface area contributed by atoms with Crippen molar-refractivity contribution in [3.63, 3.8) is 0 Å². The molecule has 0 unspecified atom stereocenters. The van der Waals surface area contributed by atoms with Gasteiger partial charge >= 0.3 is 0 Å². The number of halogens is 3. The molecule has 1 N–H and O–H groups in total. The van der Waals surface area contributed by atoms with Crippen molar-refractivity contribution in [3.05, 3.63) is 82.1 Å². The molecule has 3 aromatic rings. The summed E-state index contributed by atoms with van der Waals surface area (Å²) in [6, 6.07) is 10.0. The van der Waals surface area contributed by atoms with Crippen molar-refractivity contribution < 1.29 is 18.3 Å². The van der Waals surface area contributed by atoms with Gasteiger partial charge in [0, 0.05) is 30.9 Å². The second kappa shape index (κ2) is 9.45. The molecule has 0 bridgehead atoms. The standard InChI is InChI=1S/C20H18BrF2N3O2/c21-16-11-25-26(12-16)8-2-7-24-20(27)15-4-1-3-14(9-15)13-28-19-6-5-17(22)10-18(19)23/h1,3-6,9-12H,2,7-8,13H2,(H,24,27). The molecule has 0 saturated heterocycles. The number of nitrogens with one attached hydrogen (secondary N) is 1. The molecule has 0 fully saturated rings. The zero-order valence-electron chi connectivity index (χ0n) is 14.9. The van der Waals surface area contributed by atoms with Crippen molar-refractivity contribution in [2.45, 2.75) is 19.6 Å². The fourth-order valence-corrected chi connectivity index (χ4v) is 2.89. The molecule has 0 aliphatic carbocycles. The minimum absolute atomic E-state index is 0.0403. The summed E-state index contributed by atoms with van der Waals surface area (Å²) in [4.78, 5) is 12.3. The lowest BCUT2D eigenvalue weighted by Crippen LogP contribution is -2.25. The van der Waals surface area contributed by atoms with Crippen molar-refractivity contribution in [1.82, 2.24) is 15.1 Å². The minimum Gasteiger partial charge on any atom is -0.486 e. The maximum Gasteiger partial charge on any atom is 0.251 e. The van der Waals surface area contributed by atoms with Crippen LogP contribution in [-0.2, 0) is 13.2 Å². The number of nitrogens with zero attached hydrogens (tertiary/aromatic N) is 2. The zero-order valence-corrected chi connectivity index (χ0v) is 16.5. The Balaban J connectivity index is 1.49. The minimum atomic E-state index is -0.766. The molecule has 0 aliphatic rings. The molecule has 1 heterocycles. The molecule has 0 atom stereocenters. The summed E-state index contributed by atoms with van der Waals surface area (Å²) in [7, 11) is 0. The molecule has 2 aromatic carbocycles. The van der Waals surface area contributed by atoms with Gasteiger partial charge in [0.1, 0.15) is 12.4 Å². The van der Waals surface area contributed by atoms with E-state index in [9.17, 15) is 13.6 Å². The first-order valence-electron chi connectivity index (χ1n) is 8.64. The number of amides is 1. The summed E-state index contributed by atoms with van der Waals surface area (Å²) < 4.78 is 34.6. The van der Waals surface area contributed by atoms with E-state index in [4.69, 9.17) is 4.74 Å². The van der Waals surface area contributed by atoms with Crippen molar-refractivity contribution in [2.75, 3.05) is 6.54 Å². The van der Waals surface area contributed by atoms with Crippen LogP contribution in [0.15, 0.2) is 59.3 Å². The van der Waals surface area contributed by atoms with E-state index in [1.807, 2.05) is 6.20 Å². The Morgan fingerprint density at radius 1 is 1.21 bits per heavy atom. The Bertz CT molecular complexity index is 962. The maximum absolute atomic E-state index is 13.6. The van der Waals surface area contributed by atoms with E-state index >= 15 is 0 Å². The van der Waals surface area contributed by atoms with Crippen molar-refractivity contribution in [2.24, 2.45) is 0 Å². The van der Waals surface area contributed by atoms with Crippen LogP contribution in [0.2, 0.25) is 0 Å². The normalized spacial score (nSPS) is 10.7. The monoisotopic (exact) mass is 449 g/mol. The molecular weight excluding hydrogens is 432 g/mol. The highest BCUT2D eigenvalue weighted by Gasteiger charge is 2.08. The topological polar surface area (TPSA) is 56.2 Å². The molecule has 0 saturated carbocycles. The number of ether oxygens (including phenoxy) is 1. The van der Waals surface area contributed by atoms with E-state index in [1.165, 1.54) is 6.07 Å². The summed E-state index contributed by atoms with van der Waals surface area (Å²) in [5.74, 6) is -1.67. The van der Waals surface area contributed by atoms with Crippen molar-refractivity contribution >= 4 is 21.8 Å². The second-order valence-corrected chi connectivity index (χ2v) is 7.01. The highest BCUT2D eigenvalue weighted by atomic mass is 79.9. The first-order valence-corrected chi connectivity index (χ1v) is 9.43. The summed E-state index contributed by atoms with van der Waals surface area (Å²) in [6.07, 6.45) is 4.33. The van der Waals surface area contributed by atoms with E-state index in [-0.39, 0.29) is 18.3 Å². The fraction of sp³-hybridized carbons (Fsp3) is 0.200. The third-order valence-electron chi connectivity index (χ3n) is 3.93. The molecule has 3 rings (SSSR count). The largest absolute Gasteiger partial charge is 0.486 e. The molecule has 0 radical (unpaired) electrons. The number of rotatable bonds is 8. The molecule has 0 aliphatic heterocycles. The first-order chi connectivity index (χ1) is 13.5. The van der Waals surface area contributed by atoms with Gasteiger partial charge in [0.25, 0.3) is 5.91 Å². The molecular formula is C20H18BrF2N3O2. The van der Waals surface area contributed by atoms with Gasteiger partial charge in [0.2, 0.25) is 0 Å². The quantitative estimate of drug-likeness (QED) is 0.520. The molecule has 0 spiro atoms. The van der Waals surface area contributed by atoms with Crippen LogP contribution in [0, 0.1) is 11.6 Å². The molecule has 8 heteroatoms. The van der Waals surface area contributed by atoms with Gasteiger partial charge in [-0.3, -0.25) is 9.48 Å². The SMILES string of the molecule is O=C(NCCCn1cc(Br)cn1)c1cccc(COc2ccc(F)cc2F)c1. The third kappa shape index (κ3) is 5.63. The Hall–Kier alpha value is -2.74. The number of benzene rings is 2. The van der Waals surface area contributed by atoms with Crippen LogP contribution >= 0.6 is 15.9 Å². The highest BCUT2D eigenvalue weighted by Crippen LogP contribution is 2.19. The van der Waals surface area contributed by atoms with E-state index in [0.717, 1.165) is 23.0 Å². The summed E-state index contributed by atoms with van der Waals surface area (Å²) in [5, 5.41) is 7.01. The fourth-order valence-electron chi connectivity index (χ4n) is 2.56. The molecule has 146 valence electrons. The van der Waals surface area contributed by atoms with Gasteiger partial charge in [-0.2, -0.15) is 5.10 Å². The predicted octanol–water partition coefficient (Wildman–Crippen LogP) is 4.32. The summed E-state index contributed by atoms with van der Waals surface area (Å²) in [5.41, 5.74) is 1.19. The van der Waals surface area contributed by atoms with Gasteiger partial charge in [-0.25, -0.2) is 8.78 Å². The van der Waals surface area contributed by atoms with Gasteiger partial charge in [-0.15, -0.1) is 0 Å². The Labute approximate surface area is 169 Å². The van der Waals surface area contributed by atoms with Crippen LogP contribution in [0.3, 0.4) is 0 Å². The predicted molar refractivity (Wildman–Crippen MR) is 104 cm³/mol. The number of hydrogen-bond acceptors (Lipinski definition) is 3. The molecule has 1 amide bonds. The van der Waals surface area contributed by atoms with E-state index < -0.39 is 11.6 Å². The zero-order chi connectivity index (χ0) is 19.9. The van der Waals surface area contributed by atoms with E-state index in [0.29, 0.717) is 24.2 Å². The third-order valence-corrected chi connectivity index (χ3v) is 4.34. The van der Waals surface area contributed by atoms with Crippen LogP contribution in [0.25, 0.3) is 0 Å². The average molecular weight is 450 g/mol. The Kier molecular flexibility index (Phi) is 6.76. The van der Waals surface area contributed by atoms with E-state index in [2.05, 4.69) is 26.3 Å². The molecule has 5 nitrogen and oxygen atoms in total. The van der Waals surface area contributed by atoms with Crippen LogP contribution in [-0.4, -0.2) is 22.2 Å². The van der Waals surface area contributed by atoms with Crippen molar-refractivity contribution in [1.29, 1.82) is 0 Å². The van der Waals surface area contributed by atoms with Gasteiger partial charge in [0.15, 0.2) is 11.6 Å². The molecule has 28 heavy (non-hydrogen) atoms. The number of aryl methyl sites for hydroxylation is 1. The van der Waals surface area contributed by atoms with Crippen LogP contribution < -0.4 is 10.1 Å². The average Bonchev–Trinajstić information content (AvgIpc) is 3.10. The summed E-state index contributed by atoms with van der Waals surface area (Å²) >= 11 is 3.34. The lowest BCUT2D eigenvalue weighted by Gasteiger charge is -2.09. The highest BCUT2D eigenvalue weighted by molar-refractivity contribution is 9.10. The van der Waals surface area contributed by atoms with E-state index in [1.54, 1.807) is 35.1 Å². The number of aromatic nitrogens is 2. The van der Waals surface area contributed by atoms with Crippen LogP contribution in [0.5, 0.6) is 5.75 Å². The van der Waals surface area contributed by atoms with Gasteiger partial charge in [-0.05, 0) is 52.2 Å². The lowest BCUT2D eigenvalue weighted by atomic mass is 10.1. The number of carbonyl (C=O) groups excluding carboxylic acids is 1. The Morgan fingerprint density at radius 3 is 2.82 bits per heavy atom. The van der Waals surface area contributed by atoms with Gasteiger partial charge in [-0.1, -0.05) is 12.1 Å². The summed E-state index contributed by atoms with van der Waals surface area (Å²) in [6.45, 7) is 1.28. The number of hydrogen-bond donors (Lipinski definition) is 1. The van der Waals surface area contributed by atoms with Crippen LogP contribution in [0.1, 0.15) is 22.3 Å². The van der Waals surface area contributed by atoms with Gasteiger partial charge < -0.3 is 10.1 Å². The van der Waals surface area contributed by atoms with Gasteiger partial charge in [0.05, 0.1) is 10.7 Å². The molecule has 1 aromatic heterocycles. The Morgan fingerprint density at radius 2 is 2.07 bits per heavy atom. The first kappa shape index (κ1) is 20.0. The maximum atomic E-state index is 13.6. The number of carbonyl (C=O) groups is 1. The lowest BCUT2D eigenvalue weighted by molar-refractivity contribution is 0.0952.